The Morgan fingerprint density at radius 1 is 1.03 bits per heavy atom. The number of hydrogen-bond donors (Lipinski definition) is 1. The molecule has 1 aliphatic heterocycles. The fourth-order valence-electron chi connectivity index (χ4n) is 3.45. The van der Waals surface area contributed by atoms with E-state index in [-0.39, 0.29) is 11.7 Å². The van der Waals surface area contributed by atoms with E-state index in [1.807, 2.05) is 0 Å². The number of nitrogens with one attached hydrogen (secondary N) is 1. The summed E-state index contributed by atoms with van der Waals surface area (Å²) in [6.07, 6.45) is -1.10. The first-order chi connectivity index (χ1) is 14.2. The lowest BCUT2D eigenvalue weighted by Gasteiger charge is -2.31. The Labute approximate surface area is 174 Å². The number of ether oxygens (including phenoxy) is 3. The molecular weight excluding hydrogens is 390 g/mol. The molecule has 0 fully saturated rings. The van der Waals surface area contributed by atoms with Gasteiger partial charge in [0, 0.05) is 18.5 Å². The molecule has 0 saturated carbocycles. The van der Waals surface area contributed by atoms with Crippen molar-refractivity contribution in [2.75, 3.05) is 7.11 Å². The third kappa shape index (κ3) is 4.06. The van der Waals surface area contributed by atoms with E-state index in [9.17, 15) is 9.59 Å². The topological polar surface area (TPSA) is 113 Å². The number of fused-ring (bicyclic) bond motifs is 1. The minimum Gasteiger partial charge on any atom is -0.460 e. The van der Waals surface area contributed by atoms with Gasteiger partial charge >= 0.3 is 11.9 Å². The number of rotatable bonds is 6. The molecule has 1 aromatic heterocycles. The van der Waals surface area contributed by atoms with Crippen molar-refractivity contribution in [1.82, 2.24) is 15.6 Å². The molecule has 2 heterocycles. The average molecular weight is 415 g/mol. The van der Waals surface area contributed by atoms with Gasteiger partial charge in [-0.1, -0.05) is 12.1 Å². The van der Waals surface area contributed by atoms with Gasteiger partial charge in [0.15, 0.2) is 6.29 Å². The summed E-state index contributed by atoms with van der Waals surface area (Å²) in [6.45, 7) is 8.64. The van der Waals surface area contributed by atoms with E-state index in [2.05, 4.69) is 15.6 Å². The van der Waals surface area contributed by atoms with Crippen LogP contribution in [-0.4, -0.2) is 41.8 Å². The largest absolute Gasteiger partial charge is 0.460 e. The Balaban J connectivity index is 2.20. The van der Waals surface area contributed by atoms with Crippen molar-refractivity contribution < 1.29 is 28.4 Å². The van der Waals surface area contributed by atoms with Crippen LogP contribution in [0.2, 0.25) is 0 Å². The van der Waals surface area contributed by atoms with E-state index >= 15 is 0 Å². The summed E-state index contributed by atoms with van der Waals surface area (Å²) in [7, 11) is 1.44. The van der Waals surface area contributed by atoms with Crippen LogP contribution in [0.5, 0.6) is 0 Å². The zero-order valence-electron chi connectivity index (χ0n) is 17.8. The van der Waals surface area contributed by atoms with Gasteiger partial charge in [0.25, 0.3) is 0 Å². The maximum Gasteiger partial charge on any atom is 0.339 e. The number of methoxy groups -OCH3 is 1. The predicted octanol–water partition coefficient (Wildman–Crippen LogP) is 2.94. The van der Waals surface area contributed by atoms with Gasteiger partial charge in [-0.25, -0.2) is 14.2 Å². The Hall–Kier alpha value is -3.20. The maximum absolute atomic E-state index is 13.1. The summed E-state index contributed by atoms with van der Waals surface area (Å²) in [6, 6.07) is 5.28. The molecule has 160 valence electrons. The summed E-state index contributed by atoms with van der Waals surface area (Å²) >= 11 is 0. The zero-order chi connectivity index (χ0) is 22.0. The minimum atomic E-state index is -0.787. The Kier molecular flexibility index (Phi) is 6.21. The third-order valence-electron chi connectivity index (χ3n) is 4.78. The Bertz CT molecular complexity index is 1040. The molecule has 0 radical (unpaired) electrons. The van der Waals surface area contributed by atoms with E-state index < -0.39 is 24.1 Å². The van der Waals surface area contributed by atoms with Crippen LogP contribution in [0.25, 0.3) is 11.0 Å². The second-order valence-electron chi connectivity index (χ2n) is 7.28. The number of dihydropyridines is 1. The molecule has 1 aromatic carbocycles. The highest BCUT2D eigenvalue weighted by Gasteiger charge is 2.40. The standard InChI is InChI=1S/C21H25N3O6/c1-10(2)28-20(25)16-11(3)22-12(4)17(21(26)29-13(5)27-6)18(16)14-8-7-9-15-19(14)24-30-23-15/h7-10,13,18,22H,1-6H3. The molecule has 9 heteroatoms. The van der Waals surface area contributed by atoms with Crippen LogP contribution < -0.4 is 5.32 Å². The highest BCUT2D eigenvalue weighted by Crippen LogP contribution is 2.41. The lowest BCUT2D eigenvalue weighted by Crippen LogP contribution is -2.34. The molecule has 2 aromatic rings. The summed E-state index contributed by atoms with van der Waals surface area (Å²) in [5, 5.41) is 11.0. The van der Waals surface area contributed by atoms with Crippen molar-refractivity contribution in [3.05, 3.63) is 46.3 Å². The lowest BCUT2D eigenvalue weighted by molar-refractivity contribution is -0.165. The summed E-state index contributed by atoms with van der Waals surface area (Å²) < 4.78 is 20.8. The van der Waals surface area contributed by atoms with E-state index in [1.165, 1.54) is 7.11 Å². The molecule has 1 aliphatic rings. The first-order valence-electron chi connectivity index (χ1n) is 9.59. The molecule has 30 heavy (non-hydrogen) atoms. The lowest BCUT2D eigenvalue weighted by atomic mass is 9.80. The number of allylic oxidation sites excluding steroid dienone is 2. The normalized spacial score (nSPS) is 17.9. The van der Waals surface area contributed by atoms with Crippen LogP contribution >= 0.6 is 0 Å². The monoisotopic (exact) mass is 415 g/mol. The maximum atomic E-state index is 13.1. The molecule has 9 nitrogen and oxygen atoms in total. The molecule has 2 atom stereocenters. The highest BCUT2D eigenvalue weighted by molar-refractivity contribution is 6.01. The van der Waals surface area contributed by atoms with Gasteiger partial charge in [-0.05, 0) is 56.6 Å². The number of carbonyl (C=O) groups is 2. The SMILES string of the molecule is COC(C)OC(=O)C1=C(C)NC(C)=C(C(=O)OC(C)C)C1c1cccc2nonc12. The molecule has 2 unspecified atom stereocenters. The van der Waals surface area contributed by atoms with Crippen LogP contribution in [0, 0.1) is 0 Å². The van der Waals surface area contributed by atoms with Crippen molar-refractivity contribution in [1.29, 1.82) is 0 Å². The first kappa shape index (κ1) is 21.5. The number of aromatic nitrogens is 2. The molecule has 3 rings (SSSR count). The zero-order valence-corrected chi connectivity index (χ0v) is 17.8. The molecule has 0 bridgehead atoms. The number of hydrogen-bond acceptors (Lipinski definition) is 9. The number of esters is 2. The third-order valence-corrected chi connectivity index (χ3v) is 4.78. The van der Waals surface area contributed by atoms with Crippen molar-refractivity contribution in [3.63, 3.8) is 0 Å². The average Bonchev–Trinajstić information content (AvgIpc) is 3.15. The molecule has 1 N–H and O–H groups in total. The Morgan fingerprint density at radius 2 is 1.67 bits per heavy atom. The van der Waals surface area contributed by atoms with Gasteiger partial charge in [0.1, 0.15) is 11.0 Å². The van der Waals surface area contributed by atoms with Crippen LogP contribution in [0.3, 0.4) is 0 Å². The van der Waals surface area contributed by atoms with Gasteiger partial charge in [0.05, 0.1) is 23.2 Å². The molecule has 0 aliphatic carbocycles. The second kappa shape index (κ2) is 8.66. The first-order valence-corrected chi connectivity index (χ1v) is 9.59. The van der Waals surface area contributed by atoms with Crippen molar-refractivity contribution in [2.45, 2.75) is 52.9 Å². The quantitative estimate of drug-likeness (QED) is 0.562. The van der Waals surface area contributed by atoms with Crippen molar-refractivity contribution in [3.8, 4) is 0 Å². The van der Waals surface area contributed by atoms with Gasteiger partial charge in [-0.15, -0.1) is 0 Å². The van der Waals surface area contributed by atoms with Gasteiger partial charge in [-0.3, -0.25) is 0 Å². The summed E-state index contributed by atoms with van der Waals surface area (Å²) in [5.41, 5.74) is 3.23. The summed E-state index contributed by atoms with van der Waals surface area (Å²) in [5.74, 6) is -1.94. The fourth-order valence-corrected chi connectivity index (χ4v) is 3.45. The van der Waals surface area contributed by atoms with E-state index in [4.69, 9.17) is 18.8 Å². The number of benzene rings is 1. The molecular formula is C21H25N3O6. The van der Waals surface area contributed by atoms with Crippen LogP contribution in [0.1, 0.15) is 46.1 Å². The van der Waals surface area contributed by atoms with E-state index in [0.717, 1.165) is 0 Å². The van der Waals surface area contributed by atoms with Gasteiger partial charge in [-0.2, -0.15) is 0 Å². The van der Waals surface area contributed by atoms with Gasteiger partial charge in [0.2, 0.25) is 0 Å². The minimum absolute atomic E-state index is 0.260. The summed E-state index contributed by atoms with van der Waals surface area (Å²) in [4.78, 5) is 26.1. The van der Waals surface area contributed by atoms with Crippen molar-refractivity contribution >= 4 is 23.0 Å². The molecule has 0 amide bonds. The van der Waals surface area contributed by atoms with E-state index in [1.54, 1.807) is 52.8 Å². The smallest absolute Gasteiger partial charge is 0.339 e. The van der Waals surface area contributed by atoms with Crippen LogP contribution in [0.15, 0.2) is 45.4 Å². The second-order valence-corrected chi connectivity index (χ2v) is 7.28. The predicted molar refractivity (Wildman–Crippen MR) is 107 cm³/mol. The van der Waals surface area contributed by atoms with E-state index in [0.29, 0.717) is 33.6 Å². The highest BCUT2D eigenvalue weighted by atomic mass is 16.7. The number of nitrogens with zero attached hydrogens (tertiary/aromatic N) is 2. The fraction of sp³-hybridized carbons (Fsp3) is 0.429. The Morgan fingerprint density at radius 3 is 2.27 bits per heavy atom. The van der Waals surface area contributed by atoms with Crippen LogP contribution in [0.4, 0.5) is 0 Å². The van der Waals surface area contributed by atoms with Gasteiger partial charge < -0.3 is 19.5 Å². The molecule has 0 saturated heterocycles. The number of carbonyl (C=O) groups excluding carboxylic acids is 2. The van der Waals surface area contributed by atoms with Crippen LogP contribution in [-0.2, 0) is 23.8 Å². The van der Waals surface area contributed by atoms with Crippen molar-refractivity contribution in [2.24, 2.45) is 0 Å². The molecule has 0 spiro atoms.